The molecule has 1 saturated heterocycles. The van der Waals surface area contributed by atoms with Gasteiger partial charge in [-0.05, 0) is 43.2 Å². The second kappa shape index (κ2) is 9.55. The van der Waals surface area contributed by atoms with Gasteiger partial charge in [0.1, 0.15) is 5.75 Å². The number of oxime groups is 1. The second-order valence-corrected chi connectivity index (χ2v) is 9.21. The van der Waals surface area contributed by atoms with Crippen molar-refractivity contribution in [3.05, 3.63) is 77.1 Å². The van der Waals surface area contributed by atoms with Crippen LogP contribution in [-0.4, -0.2) is 57.0 Å². The highest BCUT2D eigenvalue weighted by atomic mass is 19.2. The molecule has 8 nitrogen and oxygen atoms in total. The molecule has 1 amide bonds. The molecule has 2 aliphatic rings. The van der Waals surface area contributed by atoms with Crippen molar-refractivity contribution in [3.63, 3.8) is 0 Å². The lowest BCUT2D eigenvalue weighted by molar-refractivity contribution is -0.165. The van der Waals surface area contributed by atoms with Crippen LogP contribution in [-0.2, 0) is 9.63 Å². The zero-order valence-corrected chi connectivity index (χ0v) is 20.2. The molecule has 2 atom stereocenters. The Bertz CT molecular complexity index is 1370. The molecule has 3 aromatic rings. The summed E-state index contributed by atoms with van der Waals surface area (Å²) < 4.78 is 48.6. The van der Waals surface area contributed by atoms with Gasteiger partial charge >= 0.3 is 0 Å². The molecule has 0 saturated carbocycles. The molecule has 1 spiro atoms. The summed E-state index contributed by atoms with van der Waals surface area (Å²) in [6.07, 6.45) is 4.61. The van der Waals surface area contributed by atoms with Crippen LogP contribution in [0, 0.1) is 24.4 Å². The number of aliphatic hydroxyl groups excluding tert-OH is 1. The third-order valence-corrected chi connectivity index (χ3v) is 6.86. The van der Waals surface area contributed by atoms with Crippen molar-refractivity contribution < 1.29 is 32.6 Å². The predicted molar refractivity (Wildman–Crippen MR) is 127 cm³/mol. The van der Waals surface area contributed by atoms with Gasteiger partial charge in [0.15, 0.2) is 17.5 Å². The number of amides is 1. The molecule has 5 rings (SSSR count). The Morgan fingerprint density at radius 3 is 2.62 bits per heavy atom. The fourth-order valence-electron chi connectivity index (χ4n) is 4.96. The van der Waals surface area contributed by atoms with Gasteiger partial charge in [-0.3, -0.25) is 4.79 Å². The number of halogens is 3. The summed E-state index contributed by atoms with van der Waals surface area (Å²) in [5.74, 6) is -4.27. The van der Waals surface area contributed by atoms with Gasteiger partial charge in [0.25, 0.3) is 5.91 Å². The summed E-state index contributed by atoms with van der Waals surface area (Å²) >= 11 is 0. The van der Waals surface area contributed by atoms with Crippen LogP contribution in [0.4, 0.5) is 13.2 Å². The van der Waals surface area contributed by atoms with Gasteiger partial charge < -0.3 is 24.1 Å². The first kappa shape index (κ1) is 24.8. The van der Waals surface area contributed by atoms with Crippen molar-refractivity contribution in [2.75, 3.05) is 20.3 Å². The van der Waals surface area contributed by atoms with E-state index in [4.69, 9.17) is 9.57 Å². The number of methoxy groups -OCH3 is 1. The molecule has 2 aliphatic heterocycles. The number of piperidine rings is 1. The zero-order valence-electron chi connectivity index (χ0n) is 20.2. The van der Waals surface area contributed by atoms with Crippen molar-refractivity contribution in [3.8, 4) is 11.4 Å². The number of rotatable bonds is 6. The Kier molecular flexibility index (Phi) is 6.40. The van der Waals surface area contributed by atoms with Crippen molar-refractivity contribution in [2.24, 2.45) is 5.16 Å². The van der Waals surface area contributed by atoms with Crippen molar-refractivity contribution >= 4 is 11.6 Å². The van der Waals surface area contributed by atoms with E-state index in [-0.39, 0.29) is 18.5 Å². The van der Waals surface area contributed by atoms with Crippen molar-refractivity contribution in [1.82, 2.24) is 14.5 Å². The smallest absolute Gasteiger partial charge is 0.270 e. The van der Waals surface area contributed by atoms with Crippen LogP contribution >= 0.6 is 0 Å². The van der Waals surface area contributed by atoms with Gasteiger partial charge in [-0.25, -0.2) is 18.2 Å². The minimum atomic E-state index is -1.61. The van der Waals surface area contributed by atoms with Crippen LogP contribution in [0.25, 0.3) is 5.69 Å². The van der Waals surface area contributed by atoms with Gasteiger partial charge in [-0.2, -0.15) is 0 Å². The topological polar surface area (TPSA) is 89.2 Å². The fraction of sp³-hybridized carbons (Fsp3) is 0.346. The molecule has 1 fully saturated rings. The number of imidazole rings is 1. The number of aromatic nitrogens is 2. The minimum Gasteiger partial charge on any atom is -0.495 e. The molecule has 0 bridgehead atoms. The van der Waals surface area contributed by atoms with Crippen LogP contribution in [0.5, 0.6) is 5.75 Å². The molecule has 1 N–H and O–H groups in total. The Morgan fingerprint density at radius 2 is 1.97 bits per heavy atom. The maximum absolute atomic E-state index is 13.9. The Morgan fingerprint density at radius 1 is 1.22 bits per heavy atom. The maximum atomic E-state index is 13.9. The highest BCUT2D eigenvalue weighted by Crippen LogP contribution is 2.40. The molecule has 11 heteroatoms. The molecule has 2 unspecified atom stereocenters. The zero-order chi connectivity index (χ0) is 26.3. The lowest BCUT2D eigenvalue weighted by Gasteiger charge is -2.41. The average molecular weight is 515 g/mol. The molecule has 3 heterocycles. The summed E-state index contributed by atoms with van der Waals surface area (Å²) in [7, 11) is 1.56. The Hall–Kier alpha value is -3.86. The SMILES string of the molecule is COc1cc(C2=NOC3(CCCN(C(CO)c4cc(F)c(F)c(F)c4)C3=O)C2)ccc1-n1cnc(C)c1. The first-order valence-electron chi connectivity index (χ1n) is 11.8. The number of ether oxygens (including phenoxy) is 1. The van der Waals surface area contributed by atoms with Crippen LogP contribution in [0.3, 0.4) is 0 Å². The number of carbonyl (C=O) groups excluding carboxylic acids is 1. The first-order valence-corrected chi connectivity index (χ1v) is 11.8. The molecule has 2 aromatic carbocycles. The van der Waals surface area contributed by atoms with E-state index < -0.39 is 41.6 Å². The van der Waals surface area contributed by atoms with Gasteiger partial charge in [-0.1, -0.05) is 11.2 Å². The molecule has 194 valence electrons. The van der Waals surface area contributed by atoms with E-state index in [1.54, 1.807) is 19.5 Å². The number of hydrogen-bond donors (Lipinski definition) is 1. The third kappa shape index (κ3) is 4.33. The highest BCUT2D eigenvalue weighted by molar-refractivity contribution is 6.06. The summed E-state index contributed by atoms with van der Waals surface area (Å²) in [5.41, 5.74) is 1.53. The van der Waals surface area contributed by atoms with Crippen molar-refractivity contribution in [2.45, 2.75) is 37.8 Å². The molecule has 0 radical (unpaired) electrons. The molecular formula is C26H25F3N4O4. The van der Waals surface area contributed by atoms with E-state index in [2.05, 4.69) is 10.1 Å². The number of likely N-dealkylation sites (tertiary alicyclic amines) is 1. The second-order valence-electron chi connectivity index (χ2n) is 9.21. The van der Waals surface area contributed by atoms with Gasteiger partial charge in [0.05, 0.1) is 43.2 Å². The number of nitrogens with zero attached hydrogens (tertiary/aromatic N) is 4. The summed E-state index contributed by atoms with van der Waals surface area (Å²) in [6, 6.07) is 6.02. The van der Waals surface area contributed by atoms with Gasteiger partial charge in [0.2, 0.25) is 5.60 Å². The van der Waals surface area contributed by atoms with Crippen LogP contribution < -0.4 is 4.74 Å². The molecule has 1 aromatic heterocycles. The predicted octanol–water partition coefficient (Wildman–Crippen LogP) is 3.83. The van der Waals surface area contributed by atoms with Crippen LogP contribution in [0.15, 0.2) is 48.0 Å². The van der Waals surface area contributed by atoms with Crippen molar-refractivity contribution in [1.29, 1.82) is 0 Å². The average Bonchev–Trinajstić information content (AvgIpc) is 3.52. The molecular weight excluding hydrogens is 489 g/mol. The maximum Gasteiger partial charge on any atom is 0.270 e. The lowest BCUT2D eigenvalue weighted by atomic mass is 9.84. The lowest BCUT2D eigenvalue weighted by Crippen LogP contribution is -2.55. The summed E-state index contributed by atoms with van der Waals surface area (Å²) in [4.78, 5) is 24.9. The Labute approximate surface area is 210 Å². The normalized spacial score (nSPS) is 20.2. The van der Waals surface area contributed by atoms with E-state index in [0.29, 0.717) is 29.9 Å². The van der Waals surface area contributed by atoms with E-state index in [0.717, 1.165) is 23.5 Å². The highest BCUT2D eigenvalue weighted by Gasteiger charge is 2.52. The summed E-state index contributed by atoms with van der Waals surface area (Å²) in [6.45, 7) is 1.51. The van der Waals surface area contributed by atoms with E-state index in [1.165, 1.54) is 4.90 Å². The van der Waals surface area contributed by atoms with E-state index in [9.17, 15) is 23.1 Å². The first-order chi connectivity index (χ1) is 17.8. The number of hydrogen-bond acceptors (Lipinski definition) is 6. The quantitative estimate of drug-likeness (QED) is 0.506. The van der Waals surface area contributed by atoms with E-state index in [1.807, 2.05) is 29.8 Å². The van der Waals surface area contributed by atoms with Crippen LogP contribution in [0.1, 0.15) is 42.1 Å². The van der Waals surface area contributed by atoms with Gasteiger partial charge in [0, 0.05) is 31.1 Å². The monoisotopic (exact) mass is 514 g/mol. The fourth-order valence-corrected chi connectivity index (χ4v) is 4.96. The van der Waals surface area contributed by atoms with Crippen LogP contribution in [0.2, 0.25) is 0 Å². The van der Waals surface area contributed by atoms with Gasteiger partial charge in [-0.15, -0.1) is 0 Å². The number of carbonyl (C=O) groups is 1. The molecule has 37 heavy (non-hydrogen) atoms. The largest absolute Gasteiger partial charge is 0.495 e. The summed E-state index contributed by atoms with van der Waals surface area (Å²) in [5, 5.41) is 14.2. The third-order valence-electron chi connectivity index (χ3n) is 6.86. The number of aliphatic hydroxyl groups is 1. The number of benzene rings is 2. The number of aryl methyl sites for hydroxylation is 1. The van der Waals surface area contributed by atoms with E-state index >= 15 is 0 Å². The minimum absolute atomic E-state index is 0.0431. The standard InChI is InChI=1S/C26H25F3N4O4/c1-15-12-32(14-30-15)21-5-4-16(10-23(21)36-2)20-11-26(37-31-20)6-3-7-33(25(26)35)22(13-34)17-8-18(27)24(29)19(28)9-17/h4-5,8-10,12,14,22,34H,3,6-7,11,13H2,1-2H3. The molecule has 0 aliphatic carbocycles. The Balaban J connectivity index is 1.39.